The summed E-state index contributed by atoms with van der Waals surface area (Å²) in [4.78, 5) is 2.28. The Labute approximate surface area is 111 Å². The third-order valence-corrected chi connectivity index (χ3v) is 6.53. The Hall–Kier alpha value is -0.130. The zero-order valence-electron chi connectivity index (χ0n) is 11.6. The van der Waals surface area contributed by atoms with Gasteiger partial charge in [-0.25, -0.2) is 12.7 Å². The van der Waals surface area contributed by atoms with Crippen molar-refractivity contribution in [3.8, 4) is 0 Å². The standard InChI is InChI=1S/C13H26N2O2S/c1-14-9-5-8-13(14)10-15(2)18(16,17)11-12-6-3-4-7-12/h12-13H,3-11H2,1-2H3. The molecule has 5 heteroatoms. The molecule has 0 spiro atoms. The summed E-state index contributed by atoms with van der Waals surface area (Å²) < 4.78 is 26.2. The van der Waals surface area contributed by atoms with Crippen LogP contribution in [0, 0.1) is 5.92 Å². The summed E-state index contributed by atoms with van der Waals surface area (Å²) in [6, 6.07) is 0.411. The van der Waals surface area contributed by atoms with Crippen molar-refractivity contribution in [1.82, 2.24) is 9.21 Å². The fourth-order valence-electron chi connectivity index (χ4n) is 3.22. The van der Waals surface area contributed by atoms with Gasteiger partial charge in [-0.1, -0.05) is 12.8 Å². The van der Waals surface area contributed by atoms with E-state index >= 15 is 0 Å². The molecule has 1 aliphatic heterocycles. The number of rotatable bonds is 5. The highest BCUT2D eigenvalue weighted by Gasteiger charge is 2.29. The Bertz CT molecular complexity index is 363. The predicted molar refractivity (Wildman–Crippen MR) is 74.0 cm³/mol. The molecule has 1 unspecified atom stereocenters. The minimum absolute atomic E-state index is 0.361. The first-order valence-electron chi connectivity index (χ1n) is 7.13. The fraction of sp³-hybridized carbons (Fsp3) is 1.00. The zero-order valence-corrected chi connectivity index (χ0v) is 12.5. The molecule has 2 aliphatic rings. The van der Waals surface area contributed by atoms with E-state index < -0.39 is 10.0 Å². The minimum Gasteiger partial charge on any atom is -0.302 e. The summed E-state index contributed by atoms with van der Waals surface area (Å²) in [5.74, 6) is 0.763. The number of likely N-dealkylation sites (N-methyl/N-ethyl adjacent to an activating group) is 2. The van der Waals surface area contributed by atoms with Gasteiger partial charge in [-0.15, -0.1) is 0 Å². The zero-order chi connectivity index (χ0) is 13.2. The molecule has 0 aromatic rings. The smallest absolute Gasteiger partial charge is 0.214 e. The van der Waals surface area contributed by atoms with E-state index in [-0.39, 0.29) is 0 Å². The van der Waals surface area contributed by atoms with Gasteiger partial charge in [0, 0.05) is 19.6 Å². The Kier molecular flexibility index (Phi) is 4.67. The van der Waals surface area contributed by atoms with Crippen molar-refractivity contribution in [1.29, 1.82) is 0 Å². The van der Waals surface area contributed by atoms with Gasteiger partial charge in [0.1, 0.15) is 0 Å². The second-order valence-electron chi connectivity index (χ2n) is 5.99. The van der Waals surface area contributed by atoms with Gasteiger partial charge >= 0.3 is 0 Å². The van der Waals surface area contributed by atoms with E-state index in [1.54, 1.807) is 11.4 Å². The number of sulfonamides is 1. The Morgan fingerprint density at radius 3 is 2.39 bits per heavy atom. The summed E-state index contributed by atoms with van der Waals surface area (Å²) in [6.07, 6.45) is 6.91. The van der Waals surface area contributed by atoms with E-state index in [0.717, 1.165) is 25.8 Å². The monoisotopic (exact) mass is 274 g/mol. The number of hydrogen-bond donors (Lipinski definition) is 0. The molecule has 1 heterocycles. The Balaban J connectivity index is 1.87. The van der Waals surface area contributed by atoms with E-state index in [9.17, 15) is 8.42 Å². The molecule has 1 saturated heterocycles. The van der Waals surface area contributed by atoms with Crippen LogP contribution in [0.25, 0.3) is 0 Å². The maximum absolute atomic E-state index is 12.3. The van der Waals surface area contributed by atoms with Gasteiger partial charge in [0.05, 0.1) is 5.75 Å². The Morgan fingerprint density at radius 2 is 1.83 bits per heavy atom. The van der Waals surface area contributed by atoms with Crippen LogP contribution >= 0.6 is 0 Å². The molecule has 0 aromatic carbocycles. The average molecular weight is 274 g/mol. The van der Waals surface area contributed by atoms with Crippen molar-refractivity contribution in [3.05, 3.63) is 0 Å². The predicted octanol–water partition coefficient (Wildman–Crippen LogP) is 1.53. The third kappa shape index (κ3) is 3.45. The van der Waals surface area contributed by atoms with E-state index in [0.29, 0.717) is 24.3 Å². The lowest BCUT2D eigenvalue weighted by Gasteiger charge is -2.26. The van der Waals surface area contributed by atoms with E-state index in [4.69, 9.17) is 0 Å². The summed E-state index contributed by atoms with van der Waals surface area (Å²) in [5, 5.41) is 0. The lowest BCUT2D eigenvalue weighted by molar-refractivity contribution is 0.270. The van der Waals surface area contributed by atoms with Crippen LogP contribution in [0.3, 0.4) is 0 Å². The molecule has 2 rings (SSSR count). The molecule has 1 atom stereocenters. The Morgan fingerprint density at radius 1 is 1.17 bits per heavy atom. The molecular formula is C13H26N2O2S. The summed E-state index contributed by atoms with van der Waals surface area (Å²) in [5.41, 5.74) is 0. The largest absolute Gasteiger partial charge is 0.302 e. The lowest BCUT2D eigenvalue weighted by atomic mass is 10.1. The highest BCUT2D eigenvalue weighted by atomic mass is 32.2. The van der Waals surface area contributed by atoms with Crippen LogP contribution in [0.4, 0.5) is 0 Å². The maximum Gasteiger partial charge on any atom is 0.214 e. The summed E-state index contributed by atoms with van der Waals surface area (Å²) in [6.45, 7) is 1.76. The minimum atomic E-state index is -3.05. The maximum atomic E-state index is 12.3. The molecule has 1 aliphatic carbocycles. The van der Waals surface area contributed by atoms with Gasteiger partial charge in [0.2, 0.25) is 10.0 Å². The van der Waals surface area contributed by atoms with Crippen molar-refractivity contribution in [3.63, 3.8) is 0 Å². The van der Waals surface area contributed by atoms with Crippen LogP contribution in [-0.2, 0) is 10.0 Å². The van der Waals surface area contributed by atoms with Crippen LogP contribution < -0.4 is 0 Å². The molecule has 0 amide bonds. The first-order chi connectivity index (χ1) is 8.49. The van der Waals surface area contributed by atoms with Crippen LogP contribution in [-0.4, -0.2) is 56.6 Å². The lowest BCUT2D eigenvalue weighted by Crippen LogP contribution is -2.41. The van der Waals surface area contributed by atoms with Crippen molar-refractivity contribution < 1.29 is 8.42 Å². The number of likely N-dealkylation sites (tertiary alicyclic amines) is 1. The van der Waals surface area contributed by atoms with E-state index in [2.05, 4.69) is 11.9 Å². The highest BCUT2D eigenvalue weighted by Crippen LogP contribution is 2.27. The number of nitrogens with zero attached hydrogens (tertiary/aromatic N) is 2. The normalized spacial score (nSPS) is 27.4. The first kappa shape index (κ1) is 14.3. The first-order valence-corrected chi connectivity index (χ1v) is 8.74. The van der Waals surface area contributed by atoms with E-state index in [1.165, 1.54) is 19.3 Å². The van der Waals surface area contributed by atoms with Crippen LogP contribution in [0.5, 0.6) is 0 Å². The van der Waals surface area contributed by atoms with Crippen LogP contribution in [0.15, 0.2) is 0 Å². The van der Waals surface area contributed by atoms with Crippen molar-refractivity contribution in [2.45, 2.75) is 44.6 Å². The highest BCUT2D eigenvalue weighted by molar-refractivity contribution is 7.89. The van der Waals surface area contributed by atoms with Crippen molar-refractivity contribution in [2.24, 2.45) is 5.92 Å². The third-order valence-electron chi connectivity index (χ3n) is 4.54. The van der Waals surface area contributed by atoms with E-state index in [1.807, 2.05) is 0 Å². The molecule has 2 fully saturated rings. The summed E-state index contributed by atoms with van der Waals surface area (Å²) in [7, 11) is 0.791. The van der Waals surface area contributed by atoms with Crippen molar-refractivity contribution in [2.75, 3.05) is 32.9 Å². The van der Waals surface area contributed by atoms with Crippen molar-refractivity contribution >= 4 is 10.0 Å². The fourth-order valence-corrected chi connectivity index (χ4v) is 4.81. The molecular weight excluding hydrogens is 248 g/mol. The van der Waals surface area contributed by atoms with Gasteiger partial charge in [-0.05, 0) is 45.2 Å². The molecule has 0 radical (unpaired) electrons. The number of hydrogen-bond acceptors (Lipinski definition) is 3. The van der Waals surface area contributed by atoms with Gasteiger partial charge in [0.15, 0.2) is 0 Å². The average Bonchev–Trinajstić information content (AvgIpc) is 2.91. The molecule has 106 valence electrons. The van der Waals surface area contributed by atoms with Crippen LogP contribution in [0.2, 0.25) is 0 Å². The van der Waals surface area contributed by atoms with Gasteiger partial charge in [-0.2, -0.15) is 0 Å². The molecule has 1 saturated carbocycles. The quantitative estimate of drug-likeness (QED) is 0.763. The van der Waals surface area contributed by atoms with Gasteiger partial charge < -0.3 is 4.90 Å². The molecule has 0 bridgehead atoms. The van der Waals surface area contributed by atoms with Crippen LogP contribution in [0.1, 0.15) is 38.5 Å². The van der Waals surface area contributed by atoms with Gasteiger partial charge in [-0.3, -0.25) is 0 Å². The SMILES string of the molecule is CN1CCCC1CN(C)S(=O)(=O)CC1CCCC1. The molecule has 0 N–H and O–H groups in total. The molecule has 0 aromatic heterocycles. The second-order valence-corrected chi connectivity index (χ2v) is 8.11. The van der Waals surface area contributed by atoms with Gasteiger partial charge in [0.25, 0.3) is 0 Å². The summed E-state index contributed by atoms with van der Waals surface area (Å²) >= 11 is 0. The molecule has 4 nitrogen and oxygen atoms in total. The topological polar surface area (TPSA) is 40.6 Å². The molecule has 18 heavy (non-hydrogen) atoms. The second kappa shape index (κ2) is 5.88.